The van der Waals surface area contributed by atoms with E-state index < -0.39 is 40.4 Å². The Balaban J connectivity index is 1.58. The van der Waals surface area contributed by atoms with Crippen LogP contribution >= 0.6 is 0 Å². The van der Waals surface area contributed by atoms with Gasteiger partial charge in [0.1, 0.15) is 16.1 Å². The molecule has 0 aliphatic carbocycles. The molecule has 0 saturated heterocycles. The quantitative estimate of drug-likeness (QED) is 0.0609. The van der Waals surface area contributed by atoms with Crippen molar-refractivity contribution in [2.45, 2.75) is 71.6 Å². The fraction of sp³-hybridized carbons (Fsp3) is 0.412. The van der Waals surface area contributed by atoms with Gasteiger partial charge >= 0.3 is 24.2 Å². The third-order valence-electron chi connectivity index (χ3n) is 8.78. The Hall–Kier alpha value is -4.25. The van der Waals surface area contributed by atoms with Gasteiger partial charge in [0.05, 0.1) is 34.4 Å². The van der Waals surface area contributed by atoms with Crippen molar-refractivity contribution >= 4 is 50.8 Å². The molecule has 48 heavy (non-hydrogen) atoms. The topological polar surface area (TPSA) is 142 Å². The summed E-state index contributed by atoms with van der Waals surface area (Å²) in [5.41, 5.74) is 4.54. The van der Waals surface area contributed by atoms with E-state index in [-0.39, 0.29) is 30.3 Å². The molecular weight excluding hydrogens is 657 g/mol. The van der Waals surface area contributed by atoms with Crippen LogP contribution in [0.4, 0.5) is 9.59 Å². The van der Waals surface area contributed by atoms with Crippen LogP contribution in [0.3, 0.4) is 0 Å². The molecule has 0 saturated carbocycles. The first-order valence-corrected chi connectivity index (χ1v) is 20.9. The molecule has 0 aliphatic heterocycles. The van der Waals surface area contributed by atoms with Gasteiger partial charge in [0, 0.05) is 0 Å². The molecule has 2 rings (SSSR count). The highest BCUT2D eigenvalue weighted by Crippen LogP contribution is 2.18. The zero-order valence-corrected chi connectivity index (χ0v) is 30.3. The highest BCUT2D eigenvalue weighted by atomic mass is 28.3. The summed E-state index contributed by atoms with van der Waals surface area (Å²) in [4.78, 5) is 65.5. The number of carbonyl (C=O) groups is 4. The fourth-order valence-corrected chi connectivity index (χ4v) is 11.1. The number of ether oxygens (including phenoxy) is 2. The van der Waals surface area contributed by atoms with E-state index in [1.54, 1.807) is 24.3 Å². The lowest BCUT2D eigenvalue weighted by Crippen LogP contribution is -2.44. The van der Waals surface area contributed by atoms with Crippen molar-refractivity contribution < 1.29 is 58.3 Å². The molecule has 0 radical (unpaired) electrons. The lowest BCUT2D eigenvalue weighted by atomic mass is 10.1. The van der Waals surface area contributed by atoms with Crippen molar-refractivity contribution in [2.24, 2.45) is 5.92 Å². The second-order valence-electron chi connectivity index (χ2n) is 11.2. The summed E-state index contributed by atoms with van der Waals surface area (Å²) in [7, 11) is -3.61. The zero-order valence-electron chi connectivity index (χ0n) is 28.3. The molecule has 14 heteroatoms. The molecule has 0 fully saturated rings. The number of rotatable bonds is 20. The molecule has 0 unspecified atom stereocenters. The van der Waals surface area contributed by atoms with Crippen LogP contribution < -0.4 is 10.4 Å². The van der Waals surface area contributed by atoms with Crippen molar-refractivity contribution in [1.82, 2.24) is 0 Å². The Morgan fingerprint density at radius 1 is 0.604 bits per heavy atom. The maximum Gasteiger partial charge on any atom is 0.543 e. The van der Waals surface area contributed by atoms with Crippen LogP contribution in [-0.4, -0.2) is 53.6 Å². The molecule has 2 aromatic rings. The Labute approximate surface area is 283 Å². The van der Waals surface area contributed by atoms with E-state index >= 15 is 0 Å². The lowest BCUT2D eigenvalue weighted by Gasteiger charge is -2.25. The van der Waals surface area contributed by atoms with E-state index in [9.17, 15) is 19.2 Å². The van der Waals surface area contributed by atoms with Crippen molar-refractivity contribution in [3.05, 3.63) is 84.2 Å². The fourth-order valence-electron chi connectivity index (χ4n) is 5.13. The number of hydrogen-bond donors (Lipinski definition) is 0. The van der Waals surface area contributed by atoms with E-state index in [4.69, 9.17) is 9.47 Å². The molecule has 0 N–H and O–H groups in total. The summed E-state index contributed by atoms with van der Waals surface area (Å²) in [6.07, 6.45) is -1.61. The standard InChI is InChI=1S/C34H46O12Si2/c1-8-47(9-2,10-3)29-18-14-27(15-19-29)31(35)41-45-43-33(37)39-24-22-26(7)23-25-40-34(38)44-46-42-32(36)28-16-20-30(21-17-28)48(11-4,12-5)13-6/h8,11,14-21,26H,1,4,9-10,12-13,22-25H2,2-3,5-7H3. The van der Waals surface area contributed by atoms with Crippen molar-refractivity contribution in [1.29, 1.82) is 0 Å². The minimum absolute atomic E-state index is 0.0410. The molecule has 0 atom stereocenters. The largest absolute Gasteiger partial charge is 0.543 e. The Bertz CT molecular complexity index is 1250. The van der Waals surface area contributed by atoms with Crippen LogP contribution in [0.5, 0.6) is 0 Å². The van der Waals surface area contributed by atoms with Gasteiger partial charge < -0.3 is 9.47 Å². The Morgan fingerprint density at radius 2 is 0.938 bits per heavy atom. The third kappa shape index (κ3) is 11.5. The summed E-state index contributed by atoms with van der Waals surface area (Å²) in [5.74, 6) is -1.72. The first kappa shape index (κ1) is 39.9. The van der Waals surface area contributed by atoms with Crippen LogP contribution in [-0.2, 0) is 39.1 Å². The maximum atomic E-state index is 12.2. The molecule has 0 amide bonds. The van der Waals surface area contributed by atoms with Crippen LogP contribution in [0.2, 0.25) is 24.2 Å². The molecule has 0 aliphatic rings. The van der Waals surface area contributed by atoms with Gasteiger partial charge in [-0.25, -0.2) is 29.0 Å². The van der Waals surface area contributed by atoms with Crippen molar-refractivity contribution in [3.63, 3.8) is 0 Å². The average Bonchev–Trinajstić information content (AvgIpc) is 3.10. The summed E-state index contributed by atoms with van der Waals surface area (Å²) >= 11 is 0. The van der Waals surface area contributed by atoms with E-state index in [0.29, 0.717) is 12.8 Å². The van der Waals surface area contributed by atoms with Gasteiger partial charge in [-0.1, -0.05) is 105 Å². The van der Waals surface area contributed by atoms with Crippen LogP contribution in [0.25, 0.3) is 0 Å². The van der Waals surface area contributed by atoms with Gasteiger partial charge in [0.2, 0.25) is 0 Å². The van der Waals surface area contributed by atoms with Gasteiger partial charge in [-0.2, -0.15) is 0 Å². The normalized spacial score (nSPS) is 11.3. The Kier molecular flexibility index (Phi) is 16.8. The molecule has 2 aromatic carbocycles. The Morgan fingerprint density at radius 3 is 1.23 bits per heavy atom. The van der Waals surface area contributed by atoms with Crippen molar-refractivity contribution in [2.75, 3.05) is 13.2 Å². The minimum Gasteiger partial charge on any atom is -0.432 e. The van der Waals surface area contributed by atoms with Gasteiger partial charge in [-0.05, 0) is 43.0 Å². The number of hydrogen-bond acceptors (Lipinski definition) is 12. The molecule has 262 valence electrons. The maximum absolute atomic E-state index is 12.2. The minimum atomic E-state index is -1.81. The smallest absolute Gasteiger partial charge is 0.432 e. The zero-order chi connectivity index (χ0) is 35.6. The molecule has 0 bridgehead atoms. The molecule has 0 aromatic heterocycles. The highest BCUT2D eigenvalue weighted by Gasteiger charge is 2.29. The van der Waals surface area contributed by atoms with E-state index in [0.717, 1.165) is 34.5 Å². The summed E-state index contributed by atoms with van der Waals surface area (Å²) < 4.78 is 9.77. The van der Waals surface area contributed by atoms with Gasteiger partial charge in [0.25, 0.3) is 0 Å². The summed E-state index contributed by atoms with van der Waals surface area (Å²) in [6.45, 7) is 18.3. The van der Waals surface area contributed by atoms with Crippen LogP contribution in [0.1, 0.15) is 68.2 Å². The summed E-state index contributed by atoms with van der Waals surface area (Å²) in [5, 5.41) is 10.9. The van der Waals surface area contributed by atoms with Gasteiger partial charge in [0.15, 0.2) is 0 Å². The number of benzene rings is 2. The molecule has 12 nitrogen and oxygen atoms in total. The summed E-state index contributed by atoms with van der Waals surface area (Å²) in [6, 6.07) is 18.0. The predicted molar refractivity (Wildman–Crippen MR) is 182 cm³/mol. The average molecular weight is 703 g/mol. The van der Waals surface area contributed by atoms with Crippen molar-refractivity contribution in [3.8, 4) is 0 Å². The van der Waals surface area contributed by atoms with E-state index in [2.05, 4.69) is 70.5 Å². The second kappa shape index (κ2) is 20.2. The first-order valence-electron chi connectivity index (χ1n) is 16.0. The number of carbonyl (C=O) groups excluding carboxylic acids is 4. The lowest BCUT2D eigenvalue weighted by molar-refractivity contribution is -0.452. The van der Waals surface area contributed by atoms with Crippen LogP contribution in [0, 0.1) is 5.92 Å². The SMILES string of the molecule is C=C[Si](CC)(CC)c1ccc(C(=O)OOOC(=O)OCCC(C)CCOC(=O)OOOC(=O)c2ccc([Si](C=C)(CC)CC)cc2)cc1. The third-order valence-corrected chi connectivity index (χ3v) is 18.4. The molecule has 0 heterocycles. The van der Waals surface area contributed by atoms with Gasteiger partial charge in [-0.15, -0.1) is 13.2 Å². The molecular formula is C34H46O12Si2. The second-order valence-corrected chi connectivity index (χ2v) is 20.6. The molecule has 0 spiro atoms. The monoisotopic (exact) mass is 702 g/mol. The first-order chi connectivity index (χ1) is 23.0. The van der Waals surface area contributed by atoms with E-state index in [1.807, 2.05) is 42.6 Å². The van der Waals surface area contributed by atoms with E-state index in [1.165, 1.54) is 0 Å². The predicted octanol–water partition coefficient (Wildman–Crippen LogP) is 6.96. The van der Waals surface area contributed by atoms with Crippen LogP contribution in [0.15, 0.2) is 73.1 Å². The highest BCUT2D eigenvalue weighted by molar-refractivity contribution is 6.96. The van der Waals surface area contributed by atoms with Gasteiger partial charge in [-0.3, -0.25) is 9.78 Å².